The van der Waals surface area contributed by atoms with Crippen LogP contribution >= 0.6 is 0 Å². The molecule has 0 radical (unpaired) electrons. The van der Waals surface area contributed by atoms with Crippen molar-refractivity contribution in [2.24, 2.45) is 17.6 Å². The zero-order valence-corrected chi connectivity index (χ0v) is 14.8. The third-order valence-electron chi connectivity index (χ3n) is 5.61. The summed E-state index contributed by atoms with van der Waals surface area (Å²) in [6, 6.07) is 1.69. The second kappa shape index (κ2) is 8.41. The van der Waals surface area contributed by atoms with Crippen LogP contribution in [-0.4, -0.2) is 39.8 Å². The fourth-order valence-corrected chi connectivity index (χ4v) is 4.15. The number of hydrogen-bond acceptors (Lipinski definition) is 4. The molecule has 2 N–H and O–H groups in total. The van der Waals surface area contributed by atoms with Crippen molar-refractivity contribution in [3.05, 3.63) is 23.8 Å². The van der Waals surface area contributed by atoms with Gasteiger partial charge < -0.3 is 10.6 Å². The van der Waals surface area contributed by atoms with Gasteiger partial charge in [0.25, 0.3) is 5.91 Å². The first-order chi connectivity index (χ1) is 12.1. The molecule has 1 atom stereocenters. The first-order valence-corrected chi connectivity index (χ1v) is 9.50. The van der Waals surface area contributed by atoms with Crippen molar-refractivity contribution in [1.82, 2.24) is 14.9 Å². The Morgan fingerprint density at radius 2 is 1.80 bits per heavy atom. The maximum absolute atomic E-state index is 12.5. The van der Waals surface area contributed by atoms with E-state index in [-0.39, 0.29) is 5.69 Å². The highest BCUT2D eigenvalue weighted by Crippen LogP contribution is 2.29. The van der Waals surface area contributed by atoms with E-state index in [0.29, 0.717) is 17.7 Å². The van der Waals surface area contributed by atoms with E-state index < -0.39 is 5.91 Å². The summed E-state index contributed by atoms with van der Waals surface area (Å²) in [5.41, 5.74) is 6.42. The summed E-state index contributed by atoms with van der Waals surface area (Å²) in [6.45, 7) is 1.71. The van der Waals surface area contributed by atoms with Crippen molar-refractivity contribution in [3.63, 3.8) is 0 Å². The quantitative estimate of drug-likeness (QED) is 0.888. The predicted octanol–water partition coefficient (Wildman–Crippen LogP) is 2.33. The van der Waals surface area contributed by atoms with Gasteiger partial charge in [0, 0.05) is 25.2 Å². The fourth-order valence-electron chi connectivity index (χ4n) is 4.15. The standard InChI is InChI=1S/C19H28N4O2/c20-19(25)17-12-16(21-13-22-17)10-15-6-3-8-23(9-7-15)18(24)11-14-4-1-2-5-14/h12-15H,1-11H2,(H2,20,25)/t15-/m1/s1. The van der Waals surface area contributed by atoms with Crippen molar-refractivity contribution in [3.8, 4) is 0 Å². The second-order valence-electron chi connectivity index (χ2n) is 7.50. The molecule has 136 valence electrons. The minimum atomic E-state index is -0.520. The summed E-state index contributed by atoms with van der Waals surface area (Å²) in [7, 11) is 0. The molecule has 0 unspecified atom stereocenters. The number of nitrogens with two attached hydrogens (primary N) is 1. The number of nitrogens with zero attached hydrogens (tertiary/aromatic N) is 3. The molecule has 6 heteroatoms. The monoisotopic (exact) mass is 344 g/mol. The highest BCUT2D eigenvalue weighted by atomic mass is 16.2. The van der Waals surface area contributed by atoms with E-state index in [9.17, 15) is 9.59 Å². The molecule has 1 saturated heterocycles. The van der Waals surface area contributed by atoms with E-state index >= 15 is 0 Å². The lowest BCUT2D eigenvalue weighted by molar-refractivity contribution is -0.132. The molecule has 1 saturated carbocycles. The van der Waals surface area contributed by atoms with Crippen molar-refractivity contribution in [2.45, 2.75) is 57.8 Å². The molecule has 6 nitrogen and oxygen atoms in total. The van der Waals surface area contributed by atoms with Gasteiger partial charge in [0.2, 0.25) is 5.91 Å². The largest absolute Gasteiger partial charge is 0.364 e. The molecule has 1 aliphatic heterocycles. The van der Waals surface area contributed by atoms with E-state index in [2.05, 4.69) is 14.9 Å². The van der Waals surface area contributed by atoms with E-state index in [1.54, 1.807) is 6.07 Å². The SMILES string of the molecule is NC(=O)c1cc(C[C@@H]2CCCN(C(=O)CC3CCCC3)CC2)ncn1. The average Bonchev–Trinajstić information content (AvgIpc) is 2.99. The molecule has 0 aromatic carbocycles. The molecule has 1 aromatic rings. The first-order valence-electron chi connectivity index (χ1n) is 9.50. The Kier molecular flexibility index (Phi) is 6.00. The van der Waals surface area contributed by atoms with Crippen LogP contribution in [0.1, 0.15) is 67.5 Å². The van der Waals surface area contributed by atoms with Crippen molar-refractivity contribution in [2.75, 3.05) is 13.1 Å². The summed E-state index contributed by atoms with van der Waals surface area (Å²) in [5.74, 6) is 0.915. The van der Waals surface area contributed by atoms with Crippen molar-refractivity contribution >= 4 is 11.8 Å². The lowest BCUT2D eigenvalue weighted by Crippen LogP contribution is -2.33. The van der Waals surface area contributed by atoms with Crippen LogP contribution < -0.4 is 5.73 Å². The van der Waals surface area contributed by atoms with E-state index in [4.69, 9.17) is 5.73 Å². The zero-order chi connectivity index (χ0) is 17.6. The molecule has 2 aliphatic rings. The summed E-state index contributed by atoms with van der Waals surface area (Å²) >= 11 is 0. The lowest BCUT2D eigenvalue weighted by Gasteiger charge is -2.22. The van der Waals surface area contributed by atoms with Gasteiger partial charge in [-0.2, -0.15) is 0 Å². The van der Waals surface area contributed by atoms with Crippen LogP contribution in [-0.2, 0) is 11.2 Å². The number of primary amides is 1. The van der Waals surface area contributed by atoms with Gasteiger partial charge in [0.1, 0.15) is 12.0 Å². The first kappa shape index (κ1) is 17.8. The molecule has 1 aromatic heterocycles. The lowest BCUT2D eigenvalue weighted by atomic mass is 9.95. The van der Waals surface area contributed by atoms with Gasteiger partial charge >= 0.3 is 0 Å². The third kappa shape index (κ3) is 5.00. The Bertz CT molecular complexity index is 613. The molecule has 25 heavy (non-hydrogen) atoms. The number of carbonyl (C=O) groups is 2. The van der Waals surface area contributed by atoms with E-state index in [1.807, 2.05) is 0 Å². The summed E-state index contributed by atoms with van der Waals surface area (Å²) < 4.78 is 0. The van der Waals surface area contributed by atoms with Crippen LogP contribution in [0.2, 0.25) is 0 Å². The van der Waals surface area contributed by atoms with Gasteiger partial charge in [0.05, 0.1) is 0 Å². The Morgan fingerprint density at radius 3 is 2.56 bits per heavy atom. The van der Waals surface area contributed by atoms with Gasteiger partial charge in [-0.05, 0) is 56.4 Å². The van der Waals surface area contributed by atoms with Gasteiger partial charge in [-0.15, -0.1) is 0 Å². The Hall–Kier alpha value is -1.98. The average molecular weight is 344 g/mol. The highest BCUT2D eigenvalue weighted by Gasteiger charge is 2.25. The molecule has 3 rings (SSSR count). The molecule has 2 fully saturated rings. The highest BCUT2D eigenvalue weighted by molar-refractivity contribution is 5.90. The molecule has 0 bridgehead atoms. The molecule has 2 amide bonds. The number of likely N-dealkylation sites (tertiary alicyclic amines) is 1. The van der Waals surface area contributed by atoms with Crippen LogP contribution in [0, 0.1) is 11.8 Å². The van der Waals surface area contributed by atoms with Crippen LogP contribution in [0.15, 0.2) is 12.4 Å². The van der Waals surface area contributed by atoms with Crippen LogP contribution in [0.5, 0.6) is 0 Å². The topological polar surface area (TPSA) is 89.2 Å². The molecular formula is C19H28N4O2. The van der Waals surface area contributed by atoms with Crippen LogP contribution in [0.3, 0.4) is 0 Å². The third-order valence-corrected chi connectivity index (χ3v) is 5.61. The smallest absolute Gasteiger partial charge is 0.267 e. The van der Waals surface area contributed by atoms with Crippen LogP contribution in [0.4, 0.5) is 0 Å². The van der Waals surface area contributed by atoms with Crippen LogP contribution in [0.25, 0.3) is 0 Å². The van der Waals surface area contributed by atoms with E-state index in [1.165, 1.54) is 32.0 Å². The zero-order valence-electron chi connectivity index (χ0n) is 14.8. The maximum Gasteiger partial charge on any atom is 0.267 e. The Labute approximate surface area is 149 Å². The normalized spacial score (nSPS) is 21.9. The minimum Gasteiger partial charge on any atom is -0.364 e. The molecular weight excluding hydrogens is 316 g/mol. The summed E-state index contributed by atoms with van der Waals surface area (Å²) in [4.78, 5) is 34.0. The van der Waals surface area contributed by atoms with Gasteiger partial charge in [-0.25, -0.2) is 9.97 Å². The number of carbonyl (C=O) groups excluding carboxylic acids is 2. The van der Waals surface area contributed by atoms with Crippen molar-refractivity contribution < 1.29 is 9.59 Å². The number of aromatic nitrogens is 2. The minimum absolute atomic E-state index is 0.270. The molecule has 2 heterocycles. The number of rotatable bonds is 5. The Morgan fingerprint density at radius 1 is 1.04 bits per heavy atom. The summed E-state index contributed by atoms with van der Waals surface area (Å²) in [5, 5.41) is 0. The number of amides is 2. The van der Waals surface area contributed by atoms with Gasteiger partial charge in [0.15, 0.2) is 0 Å². The maximum atomic E-state index is 12.5. The molecule has 1 aliphatic carbocycles. The van der Waals surface area contributed by atoms with Crippen molar-refractivity contribution in [1.29, 1.82) is 0 Å². The predicted molar refractivity (Wildman–Crippen MR) is 94.7 cm³/mol. The van der Waals surface area contributed by atoms with E-state index in [0.717, 1.165) is 50.9 Å². The second-order valence-corrected chi connectivity index (χ2v) is 7.50. The number of hydrogen-bond donors (Lipinski definition) is 1. The summed E-state index contributed by atoms with van der Waals surface area (Å²) in [6.07, 6.45) is 11.1. The fraction of sp³-hybridized carbons (Fsp3) is 0.684. The molecule has 0 spiro atoms. The Balaban J connectivity index is 1.51. The van der Waals surface area contributed by atoms with Gasteiger partial charge in [-0.1, -0.05) is 12.8 Å². The van der Waals surface area contributed by atoms with Gasteiger partial charge in [-0.3, -0.25) is 9.59 Å².